The summed E-state index contributed by atoms with van der Waals surface area (Å²) in [5.41, 5.74) is 2.92. The van der Waals surface area contributed by atoms with Crippen molar-refractivity contribution in [2.75, 3.05) is 26.8 Å². The molecule has 2 amide bonds. The molecule has 0 spiro atoms. The standard InChI is InChI=1S/C16H19N3O5/c1-23-14(20)11-24-13-6-4-12(5-7-13)10-17-18-15(21)16(22)19-8-2-3-9-19/h4-7,10H,2-3,8-9,11H2,1H3,(H,18,21)/b17-10-. The SMILES string of the molecule is COC(=O)COc1ccc(/C=N\NC(=O)C(=O)N2CCCC2)cc1. The van der Waals surface area contributed by atoms with Crippen LogP contribution in [0.2, 0.25) is 0 Å². The smallest absolute Gasteiger partial charge is 0.343 e. The number of rotatable bonds is 5. The van der Waals surface area contributed by atoms with Crippen LogP contribution in [-0.2, 0) is 19.1 Å². The minimum Gasteiger partial charge on any atom is -0.482 e. The van der Waals surface area contributed by atoms with E-state index in [4.69, 9.17) is 4.74 Å². The van der Waals surface area contributed by atoms with E-state index in [0.717, 1.165) is 12.8 Å². The molecule has 0 atom stereocenters. The summed E-state index contributed by atoms with van der Waals surface area (Å²) in [4.78, 5) is 35.9. The van der Waals surface area contributed by atoms with Crippen molar-refractivity contribution >= 4 is 24.0 Å². The van der Waals surface area contributed by atoms with Crippen LogP contribution in [0.4, 0.5) is 0 Å². The number of benzene rings is 1. The highest BCUT2D eigenvalue weighted by Gasteiger charge is 2.23. The Morgan fingerprint density at radius 3 is 2.50 bits per heavy atom. The van der Waals surface area contributed by atoms with E-state index >= 15 is 0 Å². The van der Waals surface area contributed by atoms with Gasteiger partial charge in [0, 0.05) is 13.1 Å². The van der Waals surface area contributed by atoms with Crippen molar-refractivity contribution in [3.8, 4) is 5.75 Å². The van der Waals surface area contributed by atoms with E-state index in [1.807, 2.05) is 0 Å². The van der Waals surface area contributed by atoms with Crippen molar-refractivity contribution < 1.29 is 23.9 Å². The highest BCUT2D eigenvalue weighted by Crippen LogP contribution is 2.11. The van der Waals surface area contributed by atoms with Crippen LogP contribution in [0.3, 0.4) is 0 Å². The molecule has 0 aliphatic carbocycles. The van der Waals surface area contributed by atoms with Crippen molar-refractivity contribution in [2.24, 2.45) is 5.10 Å². The normalized spacial score (nSPS) is 13.8. The van der Waals surface area contributed by atoms with E-state index < -0.39 is 17.8 Å². The van der Waals surface area contributed by atoms with Gasteiger partial charge in [-0.2, -0.15) is 5.10 Å². The summed E-state index contributed by atoms with van der Waals surface area (Å²) in [5.74, 6) is -1.26. The minimum atomic E-state index is -0.744. The number of nitrogens with zero attached hydrogens (tertiary/aromatic N) is 2. The first-order chi connectivity index (χ1) is 11.6. The third-order valence-electron chi connectivity index (χ3n) is 3.43. The van der Waals surface area contributed by atoms with Gasteiger partial charge in [-0.25, -0.2) is 10.2 Å². The van der Waals surface area contributed by atoms with E-state index in [1.54, 1.807) is 24.3 Å². The van der Waals surface area contributed by atoms with Gasteiger partial charge in [-0.1, -0.05) is 0 Å². The number of nitrogens with one attached hydrogen (secondary N) is 1. The number of carbonyl (C=O) groups excluding carboxylic acids is 3. The predicted octanol–water partition coefficient (Wildman–Crippen LogP) is 0.311. The maximum absolute atomic E-state index is 11.8. The number of hydrogen-bond acceptors (Lipinski definition) is 6. The van der Waals surface area contributed by atoms with E-state index in [0.29, 0.717) is 24.4 Å². The Kier molecular flexibility index (Phi) is 6.30. The molecule has 1 saturated heterocycles. The zero-order valence-corrected chi connectivity index (χ0v) is 13.4. The molecule has 0 radical (unpaired) electrons. The number of amides is 2. The summed E-state index contributed by atoms with van der Waals surface area (Å²) < 4.78 is 9.68. The molecule has 0 bridgehead atoms. The molecule has 8 nitrogen and oxygen atoms in total. The van der Waals surface area contributed by atoms with Crippen LogP contribution in [0.25, 0.3) is 0 Å². The van der Waals surface area contributed by atoms with Gasteiger partial charge in [0.1, 0.15) is 5.75 Å². The van der Waals surface area contributed by atoms with Gasteiger partial charge in [-0.05, 0) is 42.7 Å². The van der Waals surface area contributed by atoms with Crippen LogP contribution in [0.15, 0.2) is 29.4 Å². The summed E-state index contributed by atoms with van der Waals surface area (Å²) in [6.07, 6.45) is 3.26. The van der Waals surface area contributed by atoms with Gasteiger partial charge < -0.3 is 14.4 Å². The topological polar surface area (TPSA) is 97.3 Å². The first kappa shape index (κ1) is 17.5. The lowest BCUT2D eigenvalue weighted by atomic mass is 10.2. The van der Waals surface area contributed by atoms with Crippen LogP contribution in [0.5, 0.6) is 5.75 Å². The van der Waals surface area contributed by atoms with E-state index in [1.165, 1.54) is 18.2 Å². The lowest BCUT2D eigenvalue weighted by Gasteiger charge is -2.12. The second-order valence-electron chi connectivity index (χ2n) is 5.13. The summed E-state index contributed by atoms with van der Waals surface area (Å²) in [6.45, 7) is 1.06. The minimum absolute atomic E-state index is 0.168. The Morgan fingerprint density at radius 1 is 1.21 bits per heavy atom. The molecule has 1 aliphatic rings. The van der Waals surface area contributed by atoms with Crippen molar-refractivity contribution in [1.29, 1.82) is 0 Å². The fourth-order valence-corrected chi connectivity index (χ4v) is 2.13. The van der Waals surface area contributed by atoms with Gasteiger partial charge in [-0.15, -0.1) is 0 Å². The van der Waals surface area contributed by atoms with Crippen LogP contribution in [0.1, 0.15) is 18.4 Å². The average molecular weight is 333 g/mol. The number of ether oxygens (including phenoxy) is 2. The van der Waals surface area contributed by atoms with Gasteiger partial charge in [0.25, 0.3) is 0 Å². The summed E-state index contributed by atoms with van der Waals surface area (Å²) in [5, 5.41) is 3.76. The predicted molar refractivity (Wildman–Crippen MR) is 85.5 cm³/mol. The number of esters is 1. The molecule has 1 heterocycles. The fraction of sp³-hybridized carbons (Fsp3) is 0.375. The van der Waals surface area contributed by atoms with Gasteiger partial charge in [0.15, 0.2) is 6.61 Å². The molecule has 2 rings (SSSR count). The summed E-state index contributed by atoms with van der Waals surface area (Å²) in [7, 11) is 1.29. The quantitative estimate of drug-likeness (QED) is 0.362. The van der Waals surface area contributed by atoms with Crippen LogP contribution in [0, 0.1) is 0 Å². The largest absolute Gasteiger partial charge is 0.482 e. The lowest BCUT2D eigenvalue weighted by molar-refractivity contribution is -0.145. The third-order valence-corrected chi connectivity index (χ3v) is 3.43. The van der Waals surface area contributed by atoms with E-state index in [9.17, 15) is 14.4 Å². The van der Waals surface area contributed by atoms with Crippen molar-refractivity contribution in [2.45, 2.75) is 12.8 Å². The molecule has 1 aliphatic heterocycles. The van der Waals surface area contributed by atoms with Crippen molar-refractivity contribution in [3.05, 3.63) is 29.8 Å². The third kappa shape index (κ3) is 5.08. The highest BCUT2D eigenvalue weighted by atomic mass is 16.6. The molecule has 8 heteroatoms. The van der Waals surface area contributed by atoms with Gasteiger partial charge in [0.2, 0.25) is 0 Å². The zero-order chi connectivity index (χ0) is 17.4. The van der Waals surface area contributed by atoms with Crippen LogP contribution >= 0.6 is 0 Å². The summed E-state index contributed by atoms with van der Waals surface area (Å²) >= 11 is 0. The maximum atomic E-state index is 11.8. The molecule has 128 valence electrons. The molecule has 1 N–H and O–H groups in total. The van der Waals surface area contributed by atoms with Crippen LogP contribution in [-0.4, -0.2) is 55.7 Å². The highest BCUT2D eigenvalue weighted by molar-refractivity contribution is 6.35. The second kappa shape index (κ2) is 8.66. The van der Waals surface area contributed by atoms with E-state index in [2.05, 4.69) is 15.3 Å². The van der Waals surface area contributed by atoms with E-state index in [-0.39, 0.29) is 6.61 Å². The molecule has 1 aromatic rings. The lowest BCUT2D eigenvalue weighted by Crippen LogP contribution is -2.39. The van der Waals surface area contributed by atoms with Crippen LogP contribution < -0.4 is 10.2 Å². The van der Waals surface area contributed by atoms with Gasteiger partial charge >= 0.3 is 17.8 Å². The Labute approximate surface area is 139 Å². The van der Waals surface area contributed by atoms with Gasteiger partial charge in [-0.3, -0.25) is 9.59 Å². The number of hydrazone groups is 1. The number of likely N-dealkylation sites (tertiary alicyclic amines) is 1. The Morgan fingerprint density at radius 2 is 1.88 bits per heavy atom. The first-order valence-corrected chi connectivity index (χ1v) is 7.52. The molecule has 0 aromatic heterocycles. The molecule has 0 unspecified atom stereocenters. The van der Waals surface area contributed by atoms with Crippen molar-refractivity contribution in [3.63, 3.8) is 0 Å². The maximum Gasteiger partial charge on any atom is 0.343 e. The molecular formula is C16H19N3O5. The second-order valence-corrected chi connectivity index (χ2v) is 5.13. The summed E-state index contributed by atoms with van der Waals surface area (Å²) in [6, 6.07) is 6.71. The zero-order valence-electron chi connectivity index (χ0n) is 13.4. The van der Waals surface area contributed by atoms with Crippen molar-refractivity contribution in [1.82, 2.24) is 10.3 Å². The fourth-order valence-electron chi connectivity index (χ4n) is 2.13. The molecule has 1 fully saturated rings. The monoisotopic (exact) mass is 333 g/mol. The first-order valence-electron chi connectivity index (χ1n) is 7.52. The Balaban J connectivity index is 1.80. The number of carbonyl (C=O) groups is 3. The molecule has 24 heavy (non-hydrogen) atoms. The molecule has 0 saturated carbocycles. The molecular weight excluding hydrogens is 314 g/mol. The average Bonchev–Trinajstić information content (AvgIpc) is 3.14. The Hall–Kier alpha value is -2.90. The molecule has 1 aromatic carbocycles. The Bertz CT molecular complexity index is 621. The number of hydrogen-bond donors (Lipinski definition) is 1. The number of methoxy groups -OCH3 is 1. The van der Waals surface area contributed by atoms with Gasteiger partial charge in [0.05, 0.1) is 13.3 Å².